The molecule has 6 heteroatoms. The Morgan fingerprint density at radius 2 is 1.86 bits per heavy atom. The Balaban J connectivity index is 0.00000200. The number of nitrogens with one attached hydrogen (secondary N) is 1. The zero-order valence-corrected chi connectivity index (χ0v) is 14.1. The lowest BCUT2D eigenvalue weighted by Gasteiger charge is -2.18. The Kier molecular flexibility index (Phi) is 9.12. The molecule has 0 fully saturated rings. The number of nitrogens with zero attached hydrogens (tertiary/aromatic N) is 2. The number of pyridine rings is 1. The van der Waals surface area contributed by atoms with Crippen molar-refractivity contribution in [3.05, 3.63) is 34.9 Å². The van der Waals surface area contributed by atoms with Gasteiger partial charge in [-0.05, 0) is 37.4 Å². The van der Waals surface area contributed by atoms with E-state index in [0.717, 1.165) is 41.9 Å². The number of anilines is 1. The van der Waals surface area contributed by atoms with Crippen LogP contribution >= 0.6 is 15.9 Å². The van der Waals surface area contributed by atoms with Gasteiger partial charge in [-0.2, -0.15) is 0 Å². The number of likely N-dealkylation sites (N-methyl/N-ethyl adjacent to an activating group) is 1. The predicted octanol–water partition coefficient (Wildman–Crippen LogP) is 2.10. The molecule has 0 amide bonds. The number of benzene rings is 1. The van der Waals surface area contributed by atoms with E-state index in [9.17, 15) is 0 Å². The third kappa shape index (κ3) is 5.24. The Morgan fingerprint density at radius 1 is 1.14 bits per heavy atom. The fourth-order valence-corrected chi connectivity index (χ4v) is 2.51. The third-order valence-electron chi connectivity index (χ3n) is 3.34. The number of hydrogen-bond acceptors (Lipinski definition) is 3. The van der Waals surface area contributed by atoms with Gasteiger partial charge in [0.15, 0.2) is 0 Å². The van der Waals surface area contributed by atoms with Gasteiger partial charge in [0.2, 0.25) is 0 Å². The van der Waals surface area contributed by atoms with Crippen LogP contribution in [0.15, 0.2) is 34.9 Å². The molecule has 21 heavy (non-hydrogen) atoms. The highest BCUT2D eigenvalue weighted by Gasteiger charge is 2.03. The van der Waals surface area contributed by atoms with Crippen molar-refractivity contribution in [3.8, 4) is 0 Å². The molecule has 0 saturated heterocycles. The smallest absolute Gasteiger partial charge is 0.0733 e. The monoisotopic (exact) mass is 357 g/mol. The molecule has 0 unspecified atom stereocenters. The lowest BCUT2D eigenvalue weighted by molar-refractivity contribution is 0.316. The molecular formula is C15H24BrN3O2. The number of aromatic nitrogens is 1. The molecule has 1 heterocycles. The molecular weight excluding hydrogens is 334 g/mol. The van der Waals surface area contributed by atoms with Crippen molar-refractivity contribution < 1.29 is 11.0 Å². The first kappa shape index (κ1) is 19.8. The summed E-state index contributed by atoms with van der Waals surface area (Å²) < 4.78 is 1.06. The Bertz CT molecular complexity index is 547. The van der Waals surface area contributed by atoms with Crippen molar-refractivity contribution in [2.45, 2.75) is 13.8 Å². The van der Waals surface area contributed by atoms with E-state index in [1.54, 1.807) is 0 Å². The number of rotatable bonds is 6. The molecule has 1 aromatic heterocycles. The molecule has 0 radical (unpaired) electrons. The average molecular weight is 358 g/mol. The third-order valence-corrected chi connectivity index (χ3v) is 3.84. The Morgan fingerprint density at radius 3 is 2.52 bits per heavy atom. The first-order chi connectivity index (χ1) is 9.24. The van der Waals surface area contributed by atoms with Gasteiger partial charge in [-0.1, -0.05) is 29.8 Å². The summed E-state index contributed by atoms with van der Waals surface area (Å²) in [5, 5.41) is 4.68. The van der Waals surface area contributed by atoms with Crippen molar-refractivity contribution in [1.82, 2.24) is 9.88 Å². The van der Waals surface area contributed by atoms with E-state index in [1.807, 2.05) is 18.3 Å². The van der Waals surface area contributed by atoms with Gasteiger partial charge in [0.05, 0.1) is 5.52 Å². The molecule has 0 aliphatic carbocycles. The van der Waals surface area contributed by atoms with Gasteiger partial charge in [-0.15, -0.1) is 0 Å². The van der Waals surface area contributed by atoms with Gasteiger partial charge in [-0.3, -0.25) is 4.98 Å². The van der Waals surface area contributed by atoms with Crippen molar-refractivity contribution in [2.24, 2.45) is 0 Å². The molecule has 0 aliphatic rings. The number of hydrogen-bond donors (Lipinski definition) is 1. The maximum Gasteiger partial charge on any atom is 0.0733 e. The first-order valence-corrected chi connectivity index (χ1v) is 7.54. The predicted molar refractivity (Wildman–Crippen MR) is 92.9 cm³/mol. The molecule has 0 bridgehead atoms. The van der Waals surface area contributed by atoms with Gasteiger partial charge in [-0.25, -0.2) is 0 Å². The van der Waals surface area contributed by atoms with Crippen LogP contribution in [-0.2, 0) is 0 Å². The van der Waals surface area contributed by atoms with Gasteiger partial charge in [0, 0.05) is 34.8 Å². The zero-order chi connectivity index (χ0) is 13.7. The summed E-state index contributed by atoms with van der Waals surface area (Å²) in [6, 6.07) is 8.25. The minimum Gasteiger partial charge on any atom is -0.412 e. The molecule has 2 rings (SSSR count). The molecule has 2 aromatic rings. The molecule has 0 spiro atoms. The molecule has 0 saturated carbocycles. The number of halogens is 1. The van der Waals surface area contributed by atoms with Crippen LogP contribution in [0, 0.1) is 0 Å². The van der Waals surface area contributed by atoms with E-state index < -0.39 is 0 Å². The van der Waals surface area contributed by atoms with Crippen molar-refractivity contribution in [1.29, 1.82) is 0 Å². The molecule has 5 N–H and O–H groups in total. The van der Waals surface area contributed by atoms with Crippen LogP contribution in [0.4, 0.5) is 5.69 Å². The van der Waals surface area contributed by atoms with E-state index in [2.05, 4.69) is 57.1 Å². The van der Waals surface area contributed by atoms with Gasteiger partial charge in [0.1, 0.15) is 0 Å². The largest absolute Gasteiger partial charge is 0.412 e. The van der Waals surface area contributed by atoms with Crippen molar-refractivity contribution >= 4 is 32.5 Å². The summed E-state index contributed by atoms with van der Waals surface area (Å²) in [7, 11) is 0. The maximum atomic E-state index is 4.40. The molecule has 0 aliphatic heterocycles. The van der Waals surface area contributed by atoms with Crippen molar-refractivity contribution in [2.75, 3.05) is 31.5 Å². The first-order valence-electron chi connectivity index (χ1n) is 6.75. The zero-order valence-electron chi connectivity index (χ0n) is 12.5. The van der Waals surface area contributed by atoms with Gasteiger partial charge < -0.3 is 21.2 Å². The van der Waals surface area contributed by atoms with Crippen LogP contribution in [-0.4, -0.2) is 47.0 Å². The lowest BCUT2D eigenvalue weighted by atomic mass is 10.2. The summed E-state index contributed by atoms with van der Waals surface area (Å²) in [6.45, 7) is 8.61. The lowest BCUT2D eigenvalue weighted by Crippen LogP contribution is -2.28. The molecule has 118 valence electrons. The Labute approximate surface area is 134 Å². The summed E-state index contributed by atoms with van der Waals surface area (Å²) in [5.74, 6) is 0. The van der Waals surface area contributed by atoms with E-state index in [1.165, 1.54) is 5.39 Å². The molecule has 1 aromatic carbocycles. The van der Waals surface area contributed by atoms with Gasteiger partial charge >= 0.3 is 0 Å². The standard InChI is InChI=1S/C15H20BrN3.2H2O/c1-3-19(4-2)10-9-18-14-7-8-17-15-11-12(16)5-6-13(14)15;;/h5-8,11H,3-4,9-10H2,1-2H3,(H,17,18);2*1H2. The normalized spacial score (nSPS) is 10.1. The minimum absolute atomic E-state index is 0. The topological polar surface area (TPSA) is 91.2 Å². The summed E-state index contributed by atoms with van der Waals surface area (Å²) in [4.78, 5) is 6.81. The van der Waals surface area contributed by atoms with E-state index in [-0.39, 0.29) is 11.0 Å². The molecule has 0 atom stereocenters. The van der Waals surface area contributed by atoms with Crippen molar-refractivity contribution in [3.63, 3.8) is 0 Å². The van der Waals surface area contributed by atoms with Crippen LogP contribution in [0.5, 0.6) is 0 Å². The second-order valence-corrected chi connectivity index (χ2v) is 5.39. The average Bonchev–Trinajstić information content (AvgIpc) is 2.43. The van der Waals surface area contributed by atoms with E-state index >= 15 is 0 Å². The van der Waals surface area contributed by atoms with Crippen LogP contribution < -0.4 is 5.32 Å². The van der Waals surface area contributed by atoms with Crippen LogP contribution in [0.2, 0.25) is 0 Å². The highest BCUT2D eigenvalue weighted by atomic mass is 79.9. The fourth-order valence-electron chi connectivity index (χ4n) is 2.16. The highest BCUT2D eigenvalue weighted by Crippen LogP contribution is 2.24. The minimum atomic E-state index is 0. The fraction of sp³-hybridized carbons (Fsp3) is 0.400. The van der Waals surface area contributed by atoms with Crippen LogP contribution in [0.25, 0.3) is 10.9 Å². The molecule has 5 nitrogen and oxygen atoms in total. The second-order valence-electron chi connectivity index (χ2n) is 4.47. The Hall–Kier alpha value is -1.21. The summed E-state index contributed by atoms with van der Waals surface area (Å²) >= 11 is 3.48. The van der Waals surface area contributed by atoms with Crippen LogP contribution in [0.3, 0.4) is 0 Å². The van der Waals surface area contributed by atoms with E-state index in [0.29, 0.717) is 0 Å². The SMILES string of the molecule is CCN(CC)CCNc1ccnc2cc(Br)ccc12.O.O. The second kappa shape index (κ2) is 9.68. The van der Waals surface area contributed by atoms with Gasteiger partial charge in [0.25, 0.3) is 0 Å². The number of fused-ring (bicyclic) bond motifs is 1. The highest BCUT2D eigenvalue weighted by molar-refractivity contribution is 9.10. The summed E-state index contributed by atoms with van der Waals surface area (Å²) in [6.07, 6.45) is 1.86. The maximum absolute atomic E-state index is 4.40. The van der Waals surface area contributed by atoms with E-state index in [4.69, 9.17) is 0 Å². The summed E-state index contributed by atoms with van der Waals surface area (Å²) in [5.41, 5.74) is 2.17. The quantitative estimate of drug-likeness (QED) is 0.857. The van der Waals surface area contributed by atoms with Crippen LogP contribution in [0.1, 0.15) is 13.8 Å².